The van der Waals surface area contributed by atoms with Crippen molar-refractivity contribution in [2.45, 2.75) is 13.5 Å². The van der Waals surface area contributed by atoms with Gasteiger partial charge in [0.25, 0.3) is 0 Å². The van der Waals surface area contributed by atoms with Crippen molar-refractivity contribution in [2.75, 3.05) is 5.32 Å². The summed E-state index contributed by atoms with van der Waals surface area (Å²) in [6.45, 7) is 1.59. The molecule has 3 aromatic rings. The number of aromatic nitrogens is 3. The van der Waals surface area contributed by atoms with Crippen LogP contribution in [0.25, 0.3) is 5.65 Å². The molecule has 0 saturated carbocycles. The maximum atomic E-state index is 12.1. The lowest BCUT2D eigenvalue weighted by Gasteiger charge is -2.05. The maximum Gasteiger partial charge on any atom is 0.420 e. The molecule has 7 heteroatoms. The topological polar surface area (TPSA) is 77.6 Å². The van der Waals surface area contributed by atoms with Crippen molar-refractivity contribution < 1.29 is 14.3 Å². The van der Waals surface area contributed by atoms with E-state index >= 15 is 0 Å². The highest BCUT2D eigenvalue weighted by Gasteiger charge is 2.13. The van der Waals surface area contributed by atoms with Gasteiger partial charge in [0.05, 0.1) is 0 Å². The van der Waals surface area contributed by atoms with Crippen LogP contribution < -0.4 is 5.32 Å². The molecule has 0 spiro atoms. The highest BCUT2D eigenvalue weighted by Crippen LogP contribution is 2.13. The Bertz CT molecular complexity index is 820. The fourth-order valence-corrected chi connectivity index (χ4v) is 2.07. The van der Waals surface area contributed by atoms with Gasteiger partial charge in [0.15, 0.2) is 5.82 Å². The summed E-state index contributed by atoms with van der Waals surface area (Å²) in [5, 5.41) is 6.70. The van der Waals surface area contributed by atoms with Gasteiger partial charge in [0.2, 0.25) is 5.91 Å². The number of imidazole rings is 1. The Balaban J connectivity index is 1.76. The molecular weight excluding hydrogens is 284 g/mol. The standard InChI is InChI=1S/C15H14N4O3/c1-11(20)16-13-9-14-18(7-8-19(14)17-13)15(21)22-10-12-5-3-2-4-6-12/h2-9H,10H2,1H3,(H,16,17,20). The Morgan fingerprint density at radius 2 is 2.00 bits per heavy atom. The molecule has 0 fully saturated rings. The van der Waals surface area contributed by atoms with Gasteiger partial charge in [-0.3, -0.25) is 4.79 Å². The Morgan fingerprint density at radius 1 is 1.23 bits per heavy atom. The zero-order chi connectivity index (χ0) is 15.5. The number of ether oxygens (including phenoxy) is 1. The highest BCUT2D eigenvalue weighted by atomic mass is 16.5. The number of benzene rings is 1. The van der Waals surface area contributed by atoms with Crippen molar-refractivity contribution in [3.8, 4) is 0 Å². The fraction of sp³-hybridized carbons (Fsp3) is 0.133. The summed E-state index contributed by atoms with van der Waals surface area (Å²) < 4.78 is 8.10. The first kappa shape index (κ1) is 13.9. The van der Waals surface area contributed by atoms with Gasteiger partial charge in [0.1, 0.15) is 12.3 Å². The SMILES string of the molecule is CC(=O)Nc1cc2n(C(=O)OCc3ccccc3)ccn2n1. The monoisotopic (exact) mass is 298 g/mol. The van der Waals surface area contributed by atoms with Crippen LogP contribution in [0.1, 0.15) is 12.5 Å². The number of carbonyl (C=O) groups excluding carboxylic acids is 2. The second-order valence-electron chi connectivity index (χ2n) is 4.72. The predicted octanol–water partition coefficient (Wildman–Crippen LogP) is 2.28. The summed E-state index contributed by atoms with van der Waals surface area (Å²) in [4.78, 5) is 23.2. The molecule has 2 heterocycles. The van der Waals surface area contributed by atoms with Crippen molar-refractivity contribution in [3.63, 3.8) is 0 Å². The molecule has 1 N–H and O–H groups in total. The molecular formula is C15H14N4O3. The van der Waals surface area contributed by atoms with Gasteiger partial charge >= 0.3 is 6.09 Å². The van der Waals surface area contributed by atoms with Crippen LogP contribution in [0.2, 0.25) is 0 Å². The number of carbonyl (C=O) groups is 2. The minimum Gasteiger partial charge on any atom is -0.444 e. The number of anilines is 1. The first-order chi connectivity index (χ1) is 10.6. The van der Waals surface area contributed by atoms with Gasteiger partial charge in [-0.05, 0) is 5.56 Å². The molecule has 0 bridgehead atoms. The van der Waals surface area contributed by atoms with Crippen LogP contribution in [-0.4, -0.2) is 26.2 Å². The first-order valence-electron chi connectivity index (χ1n) is 6.69. The van der Waals surface area contributed by atoms with Crippen LogP contribution in [0.4, 0.5) is 10.6 Å². The molecule has 1 aromatic carbocycles. The van der Waals surface area contributed by atoms with Crippen LogP contribution in [0.15, 0.2) is 48.8 Å². The Kier molecular flexibility index (Phi) is 3.61. The number of nitrogens with zero attached hydrogens (tertiary/aromatic N) is 3. The number of rotatable bonds is 3. The van der Waals surface area contributed by atoms with E-state index in [1.807, 2.05) is 30.3 Å². The van der Waals surface area contributed by atoms with Gasteiger partial charge in [-0.2, -0.15) is 0 Å². The summed E-state index contributed by atoms with van der Waals surface area (Å²) in [5.74, 6) is 0.159. The molecule has 22 heavy (non-hydrogen) atoms. The van der Waals surface area contributed by atoms with E-state index in [1.54, 1.807) is 18.5 Å². The highest BCUT2D eigenvalue weighted by molar-refractivity contribution is 5.88. The van der Waals surface area contributed by atoms with E-state index in [4.69, 9.17) is 4.74 Å². The largest absolute Gasteiger partial charge is 0.444 e. The van der Waals surface area contributed by atoms with Crippen molar-refractivity contribution in [1.29, 1.82) is 0 Å². The molecule has 0 unspecified atom stereocenters. The summed E-state index contributed by atoms with van der Waals surface area (Å²) >= 11 is 0. The third-order valence-electron chi connectivity index (χ3n) is 3.03. The normalized spacial score (nSPS) is 10.6. The average molecular weight is 298 g/mol. The summed E-state index contributed by atoms with van der Waals surface area (Å²) in [6.07, 6.45) is 2.67. The zero-order valence-electron chi connectivity index (χ0n) is 11.9. The van der Waals surface area contributed by atoms with E-state index in [2.05, 4.69) is 10.4 Å². The molecule has 0 atom stereocenters. The quantitative estimate of drug-likeness (QED) is 0.804. The van der Waals surface area contributed by atoms with Crippen LogP contribution in [0.5, 0.6) is 0 Å². The minimum absolute atomic E-state index is 0.191. The number of amides is 1. The van der Waals surface area contributed by atoms with Gasteiger partial charge in [-0.1, -0.05) is 30.3 Å². The number of hydrogen-bond donors (Lipinski definition) is 1. The molecule has 112 valence electrons. The first-order valence-corrected chi connectivity index (χ1v) is 6.69. The fourth-order valence-electron chi connectivity index (χ4n) is 2.07. The predicted molar refractivity (Wildman–Crippen MR) is 79.5 cm³/mol. The molecule has 0 aliphatic heterocycles. The van der Waals surface area contributed by atoms with Gasteiger partial charge in [-0.25, -0.2) is 13.9 Å². The van der Waals surface area contributed by atoms with E-state index in [1.165, 1.54) is 16.0 Å². The van der Waals surface area contributed by atoms with Crippen molar-refractivity contribution in [2.24, 2.45) is 0 Å². The molecule has 0 saturated heterocycles. The third-order valence-corrected chi connectivity index (χ3v) is 3.03. The van der Waals surface area contributed by atoms with E-state index in [0.717, 1.165) is 5.56 Å². The van der Waals surface area contributed by atoms with Crippen LogP contribution in [0, 0.1) is 0 Å². The van der Waals surface area contributed by atoms with E-state index in [-0.39, 0.29) is 12.5 Å². The second kappa shape index (κ2) is 5.72. The summed E-state index contributed by atoms with van der Waals surface area (Å²) in [5.41, 5.74) is 1.42. The van der Waals surface area contributed by atoms with Gasteiger partial charge in [0, 0.05) is 25.4 Å². The molecule has 1 amide bonds. The number of hydrogen-bond acceptors (Lipinski definition) is 4. The Labute approximate surface area is 126 Å². The van der Waals surface area contributed by atoms with Crippen molar-refractivity contribution >= 4 is 23.5 Å². The molecule has 3 rings (SSSR count). The number of fused-ring (bicyclic) bond motifs is 1. The van der Waals surface area contributed by atoms with E-state index < -0.39 is 6.09 Å². The molecule has 0 radical (unpaired) electrons. The molecule has 7 nitrogen and oxygen atoms in total. The third kappa shape index (κ3) is 2.83. The van der Waals surface area contributed by atoms with Gasteiger partial charge in [-0.15, -0.1) is 5.10 Å². The zero-order valence-corrected chi connectivity index (χ0v) is 11.9. The van der Waals surface area contributed by atoms with Crippen molar-refractivity contribution in [1.82, 2.24) is 14.2 Å². The number of nitrogens with one attached hydrogen (secondary N) is 1. The summed E-state index contributed by atoms with van der Waals surface area (Å²) in [6, 6.07) is 11.0. The minimum atomic E-state index is -0.506. The van der Waals surface area contributed by atoms with Gasteiger partial charge < -0.3 is 10.1 Å². The summed E-state index contributed by atoms with van der Waals surface area (Å²) in [7, 11) is 0. The van der Waals surface area contributed by atoms with Crippen LogP contribution in [0.3, 0.4) is 0 Å². The van der Waals surface area contributed by atoms with E-state index in [0.29, 0.717) is 11.5 Å². The lowest BCUT2D eigenvalue weighted by atomic mass is 10.2. The molecule has 0 aliphatic rings. The molecule has 0 aliphatic carbocycles. The average Bonchev–Trinajstić information content (AvgIpc) is 3.05. The molecule has 2 aromatic heterocycles. The second-order valence-corrected chi connectivity index (χ2v) is 4.72. The van der Waals surface area contributed by atoms with Crippen LogP contribution >= 0.6 is 0 Å². The van der Waals surface area contributed by atoms with Crippen molar-refractivity contribution in [3.05, 3.63) is 54.4 Å². The van der Waals surface area contributed by atoms with E-state index in [9.17, 15) is 9.59 Å². The Hall–Kier alpha value is -3.09. The lowest BCUT2D eigenvalue weighted by Crippen LogP contribution is -2.12. The maximum absolute atomic E-state index is 12.1. The lowest BCUT2D eigenvalue weighted by molar-refractivity contribution is -0.114. The smallest absolute Gasteiger partial charge is 0.420 e. The Morgan fingerprint density at radius 3 is 2.73 bits per heavy atom. The van der Waals surface area contributed by atoms with Crippen LogP contribution in [-0.2, 0) is 16.1 Å².